The topological polar surface area (TPSA) is 60.7 Å². The van der Waals surface area contributed by atoms with Crippen LogP contribution in [0.1, 0.15) is 30.4 Å². The summed E-state index contributed by atoms with van der Waals surface area (Å²) < 4.78 is 53.8. The molecule has 2 unspecified atom stereocenters. The molecule has 7 heteroatoms. The molecule has 0 bridgehead atoms. The Morgan fingerprint density at radius 3 is 2.16 bits per heavy atom. The smallest absolute Gasteiger partial charge is 0.417 e. The summed E-state index contributed by atoms with van der Waals surface area (Å²) in [6.07, 6.45) is -6.41. The molecule has 136 valence electrons. The Morgan fingerprint density at radius 2 is 1.60 bits per heavy atom. The molecule has 3 nitrogen and oxygen atoms in total. The van der Waals surface area contributed by atoms with E-state index < -0.39 is 36.4 Å². The Kier molecular flexibility index (Phi) is 5.27. The van der Waals surface area contributed by atoms with Crippen molar-refractivity contribution in [3.05, 3.63) is 59.4 Å². The molecule has 3 N–H and O–H groups in total. The zero-order valence-electron chi connectivity index (χ0n) is 13.4. The number of halogens is 4. The second-order valence-corrected chi connectivity index (χ2v) is 6.18. The first-order chi connectivity index (χ1) is 11.5. The summed E-state index contributed by atoms with van der Waals surface area (Å²) in [6.45, 7) is 1.38. The lowest BCUT2D eigenvalue weighted by atomic mass is 9.82. The number of benzene rings is 2. The van der Waals surface area contributed by atoms with E-state index >= 15 is 0 Å². The minimum atomic E-state index is -4.93. The minimum Gasteiger partial charge on any atom is -0.508 e. The predicted molar refractivity (Wildman–Crippen MR) is 83.9 cm³/mol. The fourth-order valence-electron chi connectivity index (χ4n) is 2.78. The normalized spacial score (nSPS) is 15.6. The van der Waals surface area contributed by atoms with Crippen LogP contribution in [0, 0.1) is 5.82 Å². The Morgan fingerprint density at radius 1 is 1.00 bits per heavy atom. The van der Waals surface area contributed by atoms with Gasteiger partial charge in [0.1, 0.15) is 17.3 Å². The highest BCUT2D eigenvalue weighted by Crippen LogP contribution is 2.42. The molecule has 2 aromatic rings. The van der Waals surface area contributed by atoms with Gasteiger partial charge in [-0.2, -0.15) is 13.2 Å². The standard InChI is InChI=1S/C18H18F4O3/c1-11(15-8-13(19)4-7-16(15)24)9-17(25,18(20,21)22)10-12-2-5-14(23)6-3-12/h2-8,11,23-25H,9-10H2,1H3. The molecule has 0 aliphatic rings. The van der Waals surface area contributed by atoms with Gasteiger partial charge in [0.15, 0.2) is 5.60 Å². The molecule has 2 atom stereocenters. The molecule has 0 aliphatic heterocycles. The monoisotopic (exact) mass is 358 g/mol. The average molecular weight is 358 g/mol. The Balaban J connectivity index is 2.30. The molecule has 0 saturated carbocycles. The molecule has 0 spiro atoms. The molecule has 2 aromatic carbocycles. The van der Waals surface area contributed by atoms with Crippen LogP contribution in [0.25, 0.3) is 0 Å². The van der Waals surface area contributed by atoms with Gasteiger partial charge >= 0.3 is 6.18 Å². The van der Waals surface area contributed by atoms with Gasteiger partial charge in [0.2, 0.25) is 0 Å². The van der Waals surface area contributed by atoms with Gasteiger partial charge in [-0.1, -0.05) is 19.1 Å². The van der Waals surface area contributed by atoms with Gasteiger partial charge in [-0.3, -0.25) is 0 Å². The van der Waals surface area contributed by atoms with Gasteiger partial charge in [-0.05, 0) is 53.8 Å². The molecule has 0 heterocycles. The maximum atomic E-state index is 13.5. The third-order valence-electron chi connectivity index (χ3n) is 4.12. The van der Waals surface area contributed by atoms with Crippen LogP contribution < -0.4 is 0 Å². The van der Waals surface area contributed by atoms with Gasteiger partial charge in [0, 0.05) is 6.42 Å². The predicted octanol–water partition coefficient (Wildman–Crippen LogP) is 4.27. The molecule has 0 aliphatic carbocycles. The Labute approximate surface area is 142 Å². The van der Waals surface area contributed by atoms with E-state index in [9.17, 15) is 32.9 Å². The van der Waals surface area contributed by atoms with E-state index in [0.717, 1.165) is 18.2 Å². The number of phenolic OH excluding ortho intramolecular Hbond substituents is 2. The second kappa shape index (κ2) is 6.92. The van der Waals surface area contributed by atoms with Gasteiger partial charge in [0.25, 0.3) is 0 Å². The lowest BCUT2D eigenvalue weighted by Crippen LogP contribution is -2.48. The number of rotatable bonds is 5. The number of hydrogen-bond donors (Lipinski definition) is 3. The van der Waals surface area contributed by atoms with E-state index in [1.807, 2.05) is 0 Å². The first-order valence-corrected chi connectivity index (χ1v) is 7.57. The van der Waals surface area contributed by atoms with E-state index in [-0.39, 0.29) is 22.6 Å². The van der Waals surface area contributed by atoms with E-state index in [1.165, 1.54) is 31.2 Å². The third kappa shape index (κ3) is 4.42. The zero-order valence-corrected chi connectivity index (χ0v) is 13.4. The summed E-state index contributed by atoms with van der Waals surface area (Å²) in [5.74, 6) is -2.06. The summed E-state index contributed by atoms with van der Waals surface area (Å²) in [7, 11) is 0. The van der Waals surface area contributed by atoms with Gasteiger partial charge < -0.3 is 15.3 Å². The maximum absolute atomic E-state index is 13.5. The van der Waals surface area contributed by atoms with Crippen LogP contribution in [0.2, 0.25) is 0 Å². The van der Waals surface area contributed by atoms with Crippen LogP contribution in [-0.2, 0) is 6.42 Å². The van der Waals surface area contributed by atoms with Crippen molar-refractivity contribution in [1.29, 1.82) is 0 Å². The summed E-state index contributed by atoms with van der Waals surface area (Å²) in [6, 6.07) is 8.05. The van der Waals surface area contributed by atoms with Crippen LogP contribution >= 0.6 is 0 Å². The quantitative estimate of drug-likeness (QED) is 0.700. The van der Waals surface area contributed by atoms with Crippen LogP contribution in [0.4, 0.5) is 17.6 Å². The lowest BCUT2D eigenvalue weighted by Gasteiger charge is -2.33. The maximum Gasteiger partial charge on any atom is 0.417 e. The lowest BCUT2D eigenvalue weighted by molar-refractivity contribution is -0.263. The SMILES string of the molecule is CC(CC(O)(Cc1ccc(O)cc1)C(F)(F)F)c1cc(F)ccc1O. The summed E-state index contributed by atoms with van der Waals surface area (Å²) in [5, 5.41) is 29.3. The molecule has 0 radical (unpaired) electrons. The third-order valence-corrected chi connectivity index (χ3v) is 4.12. The number of alkyl halides is 3. The fraction of sp³-hybridized carbons (Fsp3) is 0.333. The number of phenols is 2. The van der Waals surface area contributed by atoms with E-state index in [1.54, 1.807) is 0 Å². The molecular formula is C18H18F4O3. The summed E-state index contributed by atoms with van der Waals surface area (Å²) >= 11 is 0. The van der Waals surface area contributed by atoms with Crippen LogP contribution in [0.3, 0.4) is 0 Å². The summed E-state index contributed by atoms with van der Waals surface area (Å²) in [4.78, 5) is 0. The van der Waals surface area contributed by atoms with Crippen LogP contribution in [0.15, 0.2) is 42.5 Å². The van der Waals surface area contributed by atoms with Crippen molar-refractivity contribution in [2.75, 3.05) is 0 Å². The first-order valence-electron chi connectivity index (χ1n) is 7.57. The van der Waals surface area contributed by atoms with E-state index in [2.05, 4.69) is 0 Å². The minimum absolute atomic E-state index is 0.00613. The fourth-order valence-corrected chi connectivity index (χ4v) is 2.78. The Hall–Kier alpha value is -2.28. The summed E-state index contributed by atoms with van der Waals surface area (Å²) in [5.41, 5.74) is -2.89. The average Bonchev–Trinajstić information content (AvgIpc) is 2.50. The van der Waals surface area contributed by atoms with E-state index in [0.29, 0.717) is 0 Å². The van der Waals surface area contributed by atoms with Crippen molar-refractivity contribution in [2.45, 2.75) is 37.5 Å². The molecule has 2 rings (SSSR count). The van der Waals surface area contributed by atoms with Gasteiger partial charge in [-0.25, -0.2) is 4.39 Å². The van der Waals surface area contributed by atoms with Crippen molar-refractivity contribution in [1.82, 2.24) is 0 Å². The highest BCUT2D eigenvalue weighted by atomic mass is 19.4. The van der Waals surface area contributed by atoms with Crippen molar-refractivity contribution in [3.63, 3.8) is 0 Å². The number of aliphatic hydroxyl groups is 1. The van der Waals surface area contributed by atoms with E-state index in [4.69, 9.17) is 0 Å². The highest BCUT2D eigenvalue weighted by Gasteiger charge is 2.54. The molecule has 0 saturated heterocycles. The Bertz CT molecular complexity index is 728. The molecular weight excluding hydrogens is 340 g/mol. The molecule has 0 fully saturated rings. The number of aromatic hydroxyl groups is 2. The van der Waals surface area contributed by atoms with Crippen LogP contribution in [-0.4, -0.2) is 27.1 Å². The van der Waals surface area contributed by atoms with Crippen molar-refractivity contribution >= 4 is 0 Å². The van der Waals surface area contributed by atoms with Crippen LogP contribution in [0.5, 0.6) is 11.5 Å². The van der Waals surface area contributed by atoms with Crippen molar-refractivity contribution in [3.8, 4) is 11.5 Å². The van der Waals surface area contributed by atoms with Crippen molar-refractivity contribution in [2.24, 2.45) is 0 Å². The second-order valence-electron chi connectivity index (χ2n) is 6.18. The number of hydrogen-bond acceptors (Lipinski definition) is 3. The van der Waals surface area contributed by atoms with Gasteiger partial charge in [0.05, 0.1) is 0 Å². The largest absolute Gasteiger partial charge is 0.508 e. The first kappa shape index (κ1) is 19.1. The molecule has 0 aromatic heterocycles. The van der Waals surface area contributed by atoms with Crippen molar-refractivity contribution < 1.29 is 32.9 Å². The zero-order chi connectivity index (χ0) is 18.8. The van der Waals surface area contributed by atoms with Gasteiger partial charge in [-0.15, -0.1) is 0 Å². The molecule has 0 amide bonds. The highest BCUT2D eigenvalue weighted by molar-refractivity contribution is 5.36. The molecule has 25 heavy (non-hydrogen) atoms.